The number of amides is 4. The molecule has 1 atom stereocenters. The third-order valence-electron chi connectivity index (χ3n) is 5.64. The number of nitrogens with one attached hydrogen (secondary N) is 5. The van der Waals surface area contributed by atoms with Gasteiger partial charge in [-0.15, -0.1) is 0 Å². The van der Waals surface area contributed by atoms with E-state index in [1.165, 1.54) is 0 Å². The Bertz CT molecular complexity index is 1350. The number of dihydropyridines is 1. The second kappa shape index (κ2) is 9.14. The zero-order valence-electron chi connectivity index (χ0n) is 20.1. The molecular weight excluding hydrogens is 458 g/mol. The monoisotopic (exact) mass is 485 g/mol. The van der Waals surface area contributed by atoms with Gasteiger partial charge in [-0.25, -0.2) is 14.3 Å². The summed E-state index contributed by atoms with van der Waals surface area (Å²) in [7, 11) is 0. The largest absolute Gasteiger partial charge is 0.455 e. The van der Waals surface area contributed by atoms with Crippen LogP contribution in [0.3, 0.4) is 0 Å². The van der Waals surface area contributed by atoms with Crippen LogP contribution in [0.2, 0.25) is 0 Å². The summed E-state index contributed by atoms with van der Waals surface area (Å²) >= 11 is 0. The first kappa shape index (κ1) is 23.0. The van der Waals surface area contributed by atoms with Crippen LogP contribution in [0.4, 0.5) is 21.1 Å². The van der Waals surface area contributed by atoms with E-state index in [1.807, 2.05) is 36.4 Å². The van der Waals surface area contributed by atoms with Crippen LogP contribution in [-0.2, 0) is 5.41 Å². The van der Waals surface area contributed by atoms with Gasteiger partial charge in [0.1, 0.15) is 23.4 Å². The van der Waals surface area contributed by atoms with Crippen molar-refractivity contribution in [3.63, 3.8) is 0 Å². The van der Waals surface area contributed by atoms with Crippen molar-refractivity contribution in [2.45, 2.75) is 32.4 Å². The van der Waals surface area contributed by atoms with Crippen molar-refractivity contribution < 1.29 is 14.3 Å². The number of hydrogen-bond donors (Lipinski definition) is 5. The number of carbonyl (C=O) groups is 2. The second-order valence-electron chi connectivity index (χ2n) is 9.43. The van der Waals surface area contributed by atoms with Crippen molar-refractivity contribution in [2.24, 2.45) is 0 Å². The lowest BCUT2D eigenvalue weighted by Gasteiger charge is -2.19. The van der Waals surface area contributed by atoms with Gasteiger partial charge in [0.15, 0.2) is 5.76 Å². The third-order valence-corrected chi connectivity index (χ3v) is 5.64. The fraction of sp³-hybridized carbons (Fsp3) is 0.192. The van der Waals surface area contributed by atoms with Crippen LogP contribution in [0.5, 0.6) is 5.75 Å². The number of fused-ring (bicyclic) bond motifs is 1. The van der Waals surface area contributed by atoms with Crippen molar-refractivity contribution in [1.82, 2.24) is 25.7 Å². The molecule has 1 aromatic heterocycles. The maximum absolute atomic E-state index is 12.8. The maximum atomic E-state index is 12.8. The molecule has 0 bridgehead atoms. The van der Waals surface area contributed by atoms with Crippen LogP contribution >= 0.6 is 0 Å². The van der Waals surface area contributed by atoms with Crippen LogP contribution in [0.25, 0.3) is 5.69 Å². The Morgan fingerprint density at radius 3 is 2.53 bits per heavy atom. The molecule has 1 unspecified atom stereocenters. The Kier molecular flexibility index (Phi) is 5.85. The number of carbonyl (C=O) groups excluding carboxylic acids is 2. The summed E-state index contributed by atoms with van der Waals surface area (Å²) in [6.45, 7) is 6.23. The number of urea groups is 2. The normalized spacial score (nSPS) is 16.5. The minimum atomic E-state index is -0.394. The van der Waals surface area contributed by atoms with Gasteiger partial charge < -0.3 is 26.0 Å². The number of anilines is 2. The molecular formula is C26H27N7O3. The summed E-state index contributed by atoms with van der Waals surface area (Å²) in [5.41, 5.74) is 2.74. The van der Waals surface area contributed by atoms with Gasteiger partial charge in [-0.05, 0) is 42.5 Å². The summed E-state index contributed by atoms with van der Waals surface area (Å²) in [4.78, 5) is 24.4. The van der Waals surface area contributed by atoms with Crippen LogP contribution in [0, 0.1) is 0 Å². The standard InChI is InChI=1S/C26H27N7O3/c1-26(2,3)20-15-21(33(32-20)17-7-5-4-6-8-17)29-24(34)28-16-9-11-18(12-10-16)36-19-13-14-27-23-22(19)30-25(35)31-23/h4-15,23,27H,1-3H3,(H2,28,29,34)(H2,30,31,35). The van der Waals surface area contributed by atoms with Gasteiger partial charge >= 0.3 is 12.1 Å². The maximum Gasteiger partial charge on any atom is 0.324 e. The molecule has 10 heteroatoms. The predicted octanol–water partition coefficient (Wildman–Crippen LogP) is 4.16. The van der Waals surface area contributed by atoms with Crippen LogP contribution in [-0.4, -0.2) is 28.0 Å². The van der Waals surface area contributed by atoms with Gasteiger partial charge in [0.05, 0.1) is 11.4 Å². The van der Waals surface area contributed by atoms with E-state index in [0.717, 1.165) is 11.4 Å². The van der Waals surface area contributed by atoms with E-state index in [9.17, 15) is 9.59 Å². The lowest BCUT2D eigenvalue weighted by molar-refractivity contribution is 0.247. The second-order valence-corrected chi connectivity index (χ2v) is 9.43. The molecule has 1 saturated heterocycles. The van der Waals surface area contributed by atoms with E-state index in [0.29, 0.717) is 28.7 Å². The molecule has 2 aliphatic rings. The highest BCUT2D eigenvalue weighted by Gasteiger charge is 2.30. The highest BCUT2D eigenvalue weighted by atomic mass is 16.5. The fourth-order valence-electron chi connectivity index (χ4n) is 3.78. The summed E-state index contributed by atoms with van der Waals surface area (Å²) in [6.07, 6.45) is 3.10. The van der Waals surface area contributed by atoms with Gasteiger partial charge in [-0.1, -0.05) is 39.0 Å². The van der Waals surface area contributed by atoms with E-state index in [4.69, 9.17) is 9.84 Å². The molecule has 3 aromatic rings. The molecule has 1 fully saturated rings. The van der Waals surface area contributed by atoms with E-state index in [1.54, 1.807) is 41.2 Å². The first-order valence-corrected chi connectivity index (χ1v) is 11.5. The first-order chi connectivity index (χ1) is 17.3. The summed E-state index contributed by atoms with van der Waals surface area (Å²) in [5.74, 6) is 1.66. The highest BCUT2D eigenvalue weighted by Crippen LogP contribution is 2.27. The number of hydrogen-bond acceptors (Lipinski definition) is 5. The minimum absolute atomic E-state index is 0.181. The van der Waals surface area contributed by atoms with Crippen molar-refractivity contribution in [3.8, 4) is 11.4 Å². The molecule has 0 spiro atoms. The molecule has 5 rings (SSSR count). The lowest BCUT2D eigenvalue weighted by Crippen LogP contribution is -2.38. The first-order valence-electron chi connectivity index (χ1n) is 11.5. The molecule has 2 aromatic carbocycles. The van der Waals surface area contributed by atoms with E-state index >= 15 is 0 Å². The zero-order chi connectivity index (χ0) is 25.3. The fourth-order valence-corrected chi connectivity index (χ4v) is 3.78. The lowest BCUT2D eigenvalue weighted by atomic mass is 9.92. The average Bonchev–Trinajstić information content (AvgIpc) is 3.44. The van der Waals surface area contributed by atoms with Crippen molar-refractivity contribution in [3.05, 3.63) is 90.1 Å². The van der Waals surface area contributed by atoms with Gasteiger partial charge in [-0.2, -0.15) is 5.10 Å². The molecule has 3 heterocycles. The van der Waals surface area contributed by atoms with Gasteiger partial charge in [-0.3, -0.25) is 5.32 Å². The van der Waals surface area contributed by atoms with E-state index < -0.39 is 6.03 Å². The van der Waals surface area contributed by atoms with Gasteiger partial charge in [0, 0.05) is 23.4 Å². The molecule has 184 valence electrons. The van der Waals surface area contributed by atoms with Crippen molar-refractivity contribution >= 4 is 23.6 Å². The summed E-state index contributed by atoms with van der Waals surface area (Å²) in [6, 6.07) is 17.8. The number of aromatic nitrogens is 2. The number of benzene rings is 2. The van der Waals surface area contributed by atoms with Crippen molar-refractivity contribution in [1.29, 1.82) is 0 Å². The van der Waals surface area contributed by atoms with Gasteiger partial charge in [0.2, 0.25) is 0 Å². The van der Waals surface area contributed by atoms with Crippen molar-refractivity contribution in [2.75, 3.05) is 10.6 Å². The number of nitrogens with zero attached hydrogens (tertiary/aromatic N) is 2. The van der Waals surface area contributed by atoms with Gasteiger partial charge in [0.25, 0.3) is 0 Å². The Labute approximate surface area is 208 Å². The Morgan fingerprint density at radius 2 is 1.81 bits per heavy atom. The molecule has 2 aliphatic heterocycles. The van der Waals surface area contributed by atoms with E-state index in [2.05, 4.69) is 47.4 Å². The molecule has 36 heavy (non-hydrogen) atoms. The molecule has 10 nitrogen and oxygen atoms in total. The minimum Gasteiger partial charge on any atom is -0.455 e. The quantitative estimate of drug-likeness (QED) is 0.372. The number of allylic oxidation sites excluding steroid dienone is 1. The smallest absolute Gasteiger partial charge is 0.324 e. The van der Waals surface area contributed by atoms with Crippen LogP contribution in [0.15, 0.2) is 84.4 Å². The van der Waals surface area contributed by atoms with Crippen LogP contribution in [0.1, 0.15) is 26.5 Å². The average molecular weight is 486 g/mol. The van der Waals surface area contributed by atoms with Crippen LogP contribution < -0.4 is 31.3 Å². The molecule has 5 N–H and O–H groups in total. The molecule has 0 aliphatic carbocycles. The Morgan fingerprint density at radius 1 is 1.06 bits per heavy atom. The van der Waals surface area contributed by atoms with E-state index in [-0.39, 0.29) is 17.6 Å². The number of ether oxygens (including phenoxy) is 1. The highest BCUT2D eigenvalue weighted by molar-refractivity contribution is 5.99. The molecule has 0 saturated carbocycles. The summed E-state index contributed by atoms with van der Waals surface area (Å²) in [5, 5.41) is 19.0. The molecule has 0 radical (unpaired) electrons. The predicted molar refractivity (Wildman–Crippen MR) is 137 cm³/mol. The third kappa shape index (κ3) is 4.88. The Balaban J connectivity index is 1.28. The Hall–Kier alpha value is -4.73. The molecule has 4 amide bonds. The summed E-state index contributed by atoms with van der Waals surface area (Å²) < 4.78 is 7.66. The number of rotatable bonds is 5. The number of para-hydroxylation sites is 1. The topological polar surface area (TPSA) is 121 Å². The zero-order valence-corrected chi connectivity index (χ0v) is 20.1. The SMILES string of the molecule is CC(C)(C)c1cc(NC(=O)Nc2ccc(OC3=C4NC(=O)NC4NC=C3)cc2)n(-c2ccccc2)n1.